The zero-order valence-corrected chi connectivity index (χ0v) is 10.4. The lowest BCUT2D eigenvalue weighted by Gasteiger charge is -2.16. The molecule has 1 aromatic carbocycles. The van der Waals surface area contributed by atoms with Crippen molar-refractivity contribution in [3.05, 3.63) is 34.9 Å². The van der Waals surface area contributed by atoms with Crippen LogP contribution in [-0.2, 0) is 0 Å². The van der Waals surface area contributed by atoms with Gasteiger partial charge in [0.05, 0.1) is 0 Å². The third-order valence-electron chi connectivity index (χ3n) is 2.36. The summed E-state index contributed by atoms with van der Waals surface area (Å²) in [6.07, 6.45) is 0. The molecule has 0 radical (unpaired) electrons. The van der Waals surface area contributed by atoms with Crippen LogP contribution in [0.1, 0.15) is 18.5 Å². The average molecular weight is 227 g/mol. The van der Waals surface area contributed by atoms with Crippen LogP contribution in [-0.4, -0.2) is 32.1 Å². The van der Waals surface area contributed by atoms with E-state index in [1.807, 2.05) is 18.2 Å². The molecule has 15 heavy (non-hydrogen) atoms. The molecule has 1 atom stereocenters. The summed E-state index contributed by atoms with van der Waals surface area (Å²) in [6.45, 7) is 4.19. The molecule has 1 unspecified atom stereocenters. The molecule has 1 N–H and O–H groups in total. The van der Waals surface area contributed by atoms with Crippen LogP contribution >= 0.6 is 11.6 Å². The molecular formula is C12H19ClN2. The molecule has 0 aliphatic rings. The molecule has 0 saturated carbocycles. The van der Waals surface area contributed by atoms with Crippen molar-refractivity contribution in [1.82, 2.24) is 10.2 Å². The first-order chi connectivity index (χ1) is 7.09. The van der Waals surface area contributed by atoms with E-state index in [0.29, 0.717) is 6.04 Å². The quantitative estimate of drug-likeness (QED) is 0.830. The van der Waals surface area contributed by atoms with Crippen molar-refractivity contribution in [3.63, 3.8) is 0 Å². The van der Waals surface area contributed by atoms with Gasteiger partial charge >= 0.3 is 0 Å². The molecule has 1 aromatic rings. The summed E-state index contributed by atoms with van der Waals surface area (Å²) in [5.41, 5.74) is 1.24. The van der Waals surface area contributed by atoms with E-state index in [-0.39, 0.29) is 0 Å². The summed E-state index contributed by atoms with van der Waals surface area (Å²) < 4.78 is 0. The second-order valence-corrected chi connectivity index (χ2v) is 4.47. The van der Waals surface area contributed by atoms with Crippen molar-refractivity contribution in [1.29, 1.82) is 0 Å². The highest BCUT2D eigenvalue weighted by molar-refractivity contribution is 6.30. The fourth-order valence-corrected chi connectivity index (χ4v) is 1.60. The van der Waals surface area contributed by atoms with E-state index in [2.05, 4.69) is 37.3 Å². The Hall–Kier alpha value is -0.570. The molecule has 0 spiro atoms. The van der Waals surface area contributed by atoms with Gasteiger partial charge in [-0.2, -0.15) is 0 Å². The van der Waals surface area contributed by atoms with Gasteiger partial charge in [-0.15, -0.1) is 0 Å². The summed E-state index contributed by atoms with van der Waals surface area (Å²) in [5, 5.41) is 4.26. The van der Waals surface area contributed by atoms with Crippen LogP contribution in [0.3, 0.4) is 0 Å². The Bertz CT molecular complexity index is 299. The summed E-state index contributed by atoms with van der Waals surface area (Å²) in [6, 6.07) is 8.34. The van der Waals surface area contributed by atoms with E-state index in [1.165, 1.54) is 5.56 Å². The highest BCUT2D eigenvalue weighted by Gasteiger charge is 2.04. The maximum atomic E-state index is 5.94. The number of hydrogen-bond acceptors (Lipinski definition) is 2. The topological polar surface area (TPSA) is 15.3 Å². The summed E-state index contributed by atoms with van der Waals surface area (Å²) >= 11 is 5.94. The van der Waals surface area contributed by atoms with Crippen LogP contribution in [0.25, 0.3) is 0 Å². The summed E-state index contributed by atoms with van der Waals surface area (Å²) in [5.74, 6) is 0. The van der Waals surface area contributed by atoms with Crippen molar-refractivity contribution in [2.75, 3.05) is 27.2 Å². The van der Waals surface area contributed by atoms with Gasteiger partial charge in [0.2, 0.25) is 0 Å². The molecule has 1 rings (SSSR count). The van der Waals surface area contributed by atoms with Crippen molar-refractivity contribution >= 4 is 11.6 Å². The van der Waals surface area contributed by atoms with Gasteiger partial charge in [0.25, 0.3) is 0 Å². The van der Waals surface area contributed by atoms with Gasteiger partial charge in [0.15, 0.2) is 0 Å². The Morgan fingerprint density at radius 1 is 1.40 bits per heavy atom. The lowest BCUT2D eigenvalue weighted by atomic mass is 10.1. The Morgan fingerprint density at radius 3 is 2.73 bits per heavy atom. The molecule has 0 aliphatic carbocycles. The Balaban J connectivity index is 2.43. The second kappa shape index (κ2) is 6.11. The molecule has 0 heterocycles. The maximum Gasteiger partial charge on any atom is 0.0409 e. The van der Waals surface area contributed by atoms with Gasteiger partial charge in [0, 0.05) is 24.2 Å². The van der Waals surface area contributed by atoms with E-state index in [9.17, 15) is 0 Å². The molecule has 0 saturated heterocycles. The van der Waals surface area contributed by atoms with Crippen molar-refractivity contribution in [2.45, 2.75) is 13.0 Å². The fourth-order valence-electron chi connectivity index (χ4n) is 1.40. The minimum atomic E-state index is 0.351. The number of benzene rings is 1. The summed E-state index contributed by atoms with van der Waals surface area (Å²) in [4.78, 5) is 2.16. The van der Waals surface area contributed by atoms with E-state index in [0.717, 1.165) is 18.1 Å². The van der Waals surface area contributed by atoms with Crippen molar-refractivity contribution in [2.24, 2.45) is 0 Å². The first-order valence-electron chi connectivity index (χ1n) is 5.23. The lowest BCUT2D eigenvalue weighted by Crippen LogP contribution is -2.28. The van der Waals surface area contributed by atoms with Gasteiger partial charge in [-0.3, -0.25) is 0 Å². The van der Waals surface area contributed by atoms with E-state index in [1.54, 1.807) is 0 Å². The predicted molar refractivity (Wildman–Crippen MR) is 66.4 cm³/mol. The highest BCUT2D eigenvalue weighted by atomic mass is 35.5. The smallest absolute Gasteiger partial charge is 0.0409 e. The van der Waals surface area contributed by atoms with Crippen LogP contribution in [0.4, 0.5) is 0 Å². The molecule has 0 bridgehead atoms. The Morgan fingerprint density at radius 2 is 2.13 bits per heavy atom. The minimum Gasteiger partial charge on any atom is -0.309 e. The van der Waals surface area contributed by atoms with Gasteiger partial charge in [-0.05, 0) is 38.7 Å². The monoisotopic (exact) mass is 226 g/mol. The third-order valence-corrected chi connectivity index (χ3v) is 2.59. The maximum absolute atomic E-state index is 5.94. The number of hydrogen-bond donors (Lipinski definition) is 1. The molecule has 0 fully saturated rings. The van der Waals surface area contributed by atoms with Crippen LogP contribution in [0.5, 0.6) is 0 Å². The van der Waals surface area contributed by atoms with Crippen molar-refractivity contribution in [3.8, 4) is 0 Å². The average Bonchev–Trinajstić information content (AvgIpc) is 2.17. The van der Waals surface area contributed by atoms with Gasteiger partial charge < -0.3 is 10.2 Å². The van der Waals surface area contributed by atoms with Gasteiger partial charge in [0.1, 0.15) is 0 Å². The van der Waals surface area contributed by atoms with Crippen LogP contribution in [0.15, 0.2) is 24.3 Å². The SMILES string of the molecule is CC(NCCN(C)C)c1cccc(Cl)c1. The third kappa shape index (κ3) is 4.65. The lowest BCUT2D eigenvalue weighted by molar-refractivity contribution is 0.389. The molecule has 0 aliphatic heterocycles. The number of nitrogens with zero attached hydrogens (tertiary/aromatic N) is 1. The zero-order chi connectivity index (χ0) is 11.3. The molecule has 3 heteroatoms. The highest BCUT2D eigenvalue weighted by Crippen LogP contribution is 2.16. The van der Waals surface area contributed by atoms with Crippen LogP contribution in [0.2, 0.25) is 5.02 Å². The van der Waals surface area contributed by atoms with Crippen molar-refractivity contribution < 1.29 is 0 Å². The molecule has 2 nitrogen and oxygen atoms in total. The normalized spacial score (nSPS) is 13.1. The Kier molecular flexibility index (Phi) is 5.09. The summed E-state index contributed by atoms with van der Waals surface area (Å²) in [7, 11) is 4.15. The predicted octanol–water partition coefficient (Wildman–Crippen LogP) is 2.55. The standard InChI is InChI=1S/C12H19ClN2/c1-10(14-7-8-15(2)3)11-5-4-6-12(13)9-11/h4-6,9-10,14H,7-8H2,1-3H3. The first kappa shape index (κ1) is 12.5. The van der Waals surface area contributed by atoms with E-state index < -0.39 is 0 Å². The second-order valence-electron chi connectivity index (χ2n) is 4.03. The number of nitrogens with one attached hydrogen (secondary N) is 1. The van der Waals surface area contributed by atoms with Crippen LogP contribution in [0, 0.1) is 0 Å². The number of rotatable bonds is 5. The largest absolute Gasteiger partial charge is 0.309 e. The van der Waals surface area contributed by atoms with Crippen LogP contribution < -0.4 is 5.32 Å². The van der Waals surface area contributed by atoms with E-state index >= 15 is 0 Å². The molecule has 0 amide bonds. The molecule has 84 valence electrons. The molecular weight excluding hydrogens is 208 g/mol. The molecule has 0 aromatic heterocycles. The van der Waals surface area contributed by atoms with Gasteiger partial charge in [-0.1, -0.05) is 23.7 Å². The first-order valence-corrected chi connectivity index (χ1v) is 5.61. The van der Waals surface area contributed by atoms with Gasteiger partial charge in [-0.25, -0.2) is 0 Å². The Labute approximate surface area is 97.2 Å². The fraction of sp³-hybridized carbons (Fsp3) is 0.500. The minimum absolute atomic E-state index is 0.351. The zero-order valence-electron chi connectivity index (χ0n) is 9.63. The number of halogens is 1. The number of likely N-dealkylation sites (N-methyl/N-ethyl adjacent to an activating group) is 1. The van der Waals surface area contributed by atoms with E-state index in [4.69, 9.17) is 11.6 Å².